The Morgan fingerprint density at radius 3 is 2.25 bits per heavy atom. The van der Waals surface area contributed by atoms with Gasteiger partial charge in [0.1, 0.15) is 5.41 Å². The van der Waals surface area contributed by atoms with Crippen LogP contribution < -0.4 is 5.32 Å². The highest BCUT2D eigenvalue weighted by Gasteiger charge is 2.34. The number of benzene rings is 1. The molecule has 0 saturated carbocycles. The Balaban J connectivity index is 2.73. The molecule has 0 spiro atoms. The highest BCUT2D eigenvalue weighted by Crippen LogP contribution is 2.27. The van der Waals surface area contributed by atoms with Gasteiger partial charge >= 0.3 is 0 Å². The summed E-state index contributed by atoms with van der Waals surface area (Å²) < 4.78 is 0. The van der Waals surface area contributed by atoms with Gasteiger partial charge < -0.3 is 5.32 Å². The Morgan fingerprint density at radius 2 is 1.80 bits per heavy atom. The normalized spacial score (nSPS) is 10.9. The maximum absolute atomic E-state index is 12.3. The third-order valence-corrected chi connectivity index (χ3v) is 3.89. The van der Waals surface area contributed by atoms with E-state index in [1.165, 1.54) is 18.4 Å². The lowest BCUT2D eigenvalue weighted by molar-refractivity contribution is -0.123. The molecule has 1 aromatic rings. The number of rotatable bonds is 7. The van der Waals surface area contributed by atoms with Gasteiger partial charge in [0.25, 0.3) is 0 Å². The minimum Gasteiger partial charge on any atom is -0.325 e. The molecule has 1 amide bonds. The van der Waals surface area contributed by atoms with Crippen molar-refractivity contribution in [3.05, 3.63) is 29.8 Å². The lowest BCUT2D eigenvalue weighted by atomic mass is 9.83. The van der Waals surface area contributed by atoms with Crippen molar-refractivity contribution < 1.29 is 4.79 Å². The van der Waals surface area contributed by atoms with Crippen molar-refractivity contribution >= 4 is 11.6 Å². The van der Waals surface area contributed by atoms with Crippen LogP contribution in [0.3, 0.4) is 0 Å². The van der Waals surface area contributed by atoms with Crippen LogP contribution in [-0.2, 0) is 11.2 Å². The van der Waals surface area contributed by atoms with Gasteiger partial charge in [0, 0.05) is 5.69 Å². The smallest absolute Gasteiger partial charge is 0.244 e. The van der Waals surface area contributed by atoms with E-state index < -0.39 is 5.41 Å². The highest BCUT2D eigenvalue weighted by molar-refractivity contribution is 5.97. The summed E-state index contributed by atoms with van der Waals surface area (Å²) in [5.41, 5.74) is 1.13. The molecule has 0 aromatic heterocycles. The van der Waals surface area contributed by atoms with E-state index in [1.807, 2.05) is 38.1 Å². The zero-order chi connectivity index (χ0) is 15.0. The van der Waals surface area contributed by atoms with Crippen LogP contribution >= 0.6 is 0 Å². The first-order valence-corrected chi connectivity index (χ1v) is 7.43. The van der Waals surface area contributed by atoms with Gasteiger partial charge in [0.05, 0.1) is 6.07 Å². The van der Waals surface area contributed by atoms with Gasteiger partial charge in [-0.25, -0.2) is 0 Å². The number of unbranched alkanes of at least 4 members (excludes halogenated alkanes) is 1. The second-order valence-electron chi connectivity index (χ2n) is 5.16. The molecule has 0 aliphatic carbocycles. The number of nitriles is 1. The first-order chi connectivity index (χ1) is 9.61. The van der Waals surface area contributed by atoms with Crippen LogP contribution in [0.1, 0.15) is 52.0 Å². The van der Waals surface area contributed by atoms with E-state index in [1.54, 1.807) is 0 Å². The molecule has 0 saturated heterocycles. The topological polar surface area (TPSA) is 52.9 Å². The summed E-state index contributed by atoms with van der Waals surface area (Å²) in [4.78, 5) is 12.3. The molecule has 0 unspecified atom stereocenters. The fraction of sp³-hybridized carbons (Fsp3) is 0.529. The van der Waals surface area contributed by atoms with E-state index in [4.69, 9.17) is 0 Å². The molecule has 1 N–H and O–H groups in total. The minimum absolute atomic E-state index is 0.202. The predicted octanol–water partition coefficient (Wildman–Crippen LogP) is 4.30. The second kappa shape index (κ2) is 7.69. The maximum Gasteiger partial charge on any atom is 0.244 e. The summed E-state index contributed by atoms with van der Waals surface area (Å²) in [5, 5.41) is 12.1. The number of anilines is 1. The first-order valence-electron chi connectivity index (χ1n) is 7.43. The van der Waals surface area contributed by atoms with Crippen LogP contribution in [0.15, 0.2) is 24.3 Å². The molecule has 0 aliphatic rings. The molecule has 108 valence electrons. The molecule has 0 atom stereocenters. The second-order valence-corrected chi connectivity index (χ2v) is 5.16. The molecule has 20 heavy (non-hydrogen) atoms. The van der Waals surface area contributed by atoms with Crippen LogP contribution in [0, 0.1) is 16.7 Å². The molecule has 1 rings (SSSR count). The van der Waals surface area contributed by atoms with Gasteiger partial charge in [-0.15, -0.1) is 0 Å². The molecule has 0 aliphatic heterocycles. The van der Waals surface area contributed by atoms with Crippen LogP contribution in [0.25, 0.3) is 0 Å². The third-order valence-electron chi connectivity index (χ3n) is 3.89. The summed E-state index contributed by atoms with van der Waals surface area (Å²) in [5.74, 6) is -0.202. The minimum atomic E-state index is -0.916. The Morgan fingerprint density at radius 1 is 1.20 bits per heavy atom. The fourth-order valence-corrected chi connectivity index (χ4v) is 2.17. The van der Waals surface area contributed by atoms with E-state index in [-0.39, 0.29) is 5.91 Å². The summed E-state index contributed by atoms with van der Waals surface area (Å²) in [6.45, 7) is 5.92. The summed E-state index contributed by atoms with van der Waals surface area (Å²) in [6.07, 6.45) is 4.47. The Bertz CT molecular complexity index is 467. The zero-order valence-electron chi connectivity index (χ0n) is 12.7. The lowest BCUT2D eigenvalue weighted by Gasteiger charge is -2.22. The van der Waals surface area contributed by atoms with Gasteiger partial charge in [0.15, 0.2) is 0 Å². The highest BCUT2D eigenvalue weighted by atomic mass is 16.2. The molecule has 0 heterocycles. The SMILES string of the molecule is CCCCc1ccc(NC(=O)C(C#N)(CC)CC)cc1. The van der Waals surface area contributed by atoms with Gasteiger partial charge in [-0.3, -0.25) is 4.79 Å². The number of nitrogens with zero attached hydrogens (tertiary/aromatic N) is 1. The number of carbonyl (C=O) groups is 1. The number of nitrogens with one attached hydrogen (secondary N) is 1. The van der Waals surface area contributed by atoms with Crippen molar-refractivity contribution in [2.75, 3.05) is 5.32 Å². The molecule has 3 heteroatoms. The summed E-state index contributed by atoms with van der Waals surface area (Å²) in [6, 6.07) is 10.1. The quantitative estimate of drug-likeness (QED) is 0.804. The van der Waals surface area contributed by atoms with Crippen molar-refractivity contribution in [3.63, 3.8) is 0 Å². The Labute approximate surface area is 122 Å². The van der Waals surface area contributed by atoms with Crippen LogP contribution in [-0.4, -0.2) is 5.91 Å². The van der Waals surface area contributed by atoms with Gasteiger partial charge in [-0.1, -0.05) is 39.3 Å². The molecule has 0 bridgehead atoms. The van der Waals surface area contributed by atoms with Crippen LogP contribution in [0.4, 0.5) is 5.69 Å². The molecular formula is C17H24N2O. The van der Waals surface area contributed by atoms with Crippen molar-refractivity contribution in [1.82, 2.24) is 0 Å². The molecule has 0 fully saturated rings. The molecule has 0 radical (unpaired) electrons. The van der Waals surface area contributed by atoms with E-state index >= 15 is 0 Å². The molecule has 1 aromatic carbocycles. The van der Waals surface area contributed by atoms with Gasteiger partial charge in [0.2, 0.25) is 5.91 Å². The van der Waals surface area contributed by atoms with E-state index in [2.05, 4.69) is 18.3 Å². The monoisotopic (exact) mass is 272 g/mol. The van der Waals surface area contributed by atoms with Crippen molar-refractivity contribution in [2.45, 2.75) is 52.9 Å². The number of amides is 1. The van der Waals surface area contributed by atoms with E-state index in [0.717, 1.165) is 12.1 Å². The Hall–Kier alpha value is -1.82. The van der Waals surface area contributed by atoms with Crippen LogP contribution in [0.5, 0.6) is 0 Å². The van der Waals surface area contributed by atoms with Crippen LogP contribution in [0.2, 0.25) is 0 Å². The van der Waals surface area contributed by atoms with Gasteiger partial charge in [-0.2, -0.15) is 5.26 Å². The van der Waals surface area contributed by atoms with Gasteiger partial charge in [-0.05, 0) is 43.4 Å². The largest absolute Gasteiger partial charge is 0.325 e. The number of hydrogen-bond acceptors (Lipinski definition) is 2. The average Bonchev–Trinajstić information content (AvgIpc) is 2.49. The number of hydrogen-bond donors (Lipinski definition) is 1. The first kappa shape index (κ1) is 16.2. The zero-order valence-corrected chi connectivity index (χ0v) is 12.7. The lowest BCUT2D eigenvalue weighted by Crippen LogP contribution is -2.33. The predicted molar refractivity (Wildman–Crippen MR) is 82.3 cm³/mol. The number of carbonyl (C=O) groups excluding carboxylic acids is 1. The molecule has 3 nitrogen and oxygen atoms in total. The Kier molecular flexibility index (Phi) is 6.24. The average molecular weight is 272 g/mol. The third kappa shape index (κ3) is 3.84. The maximum atomic E-state index is 12.3. The van der Waals surface area contributed by atoms with Crippen molar-refractivity contribution in [3.8, 4) is 6.07 Å². The van der Waals surface area contributed by atoms with E-state index in [0.29, 0.717) is 12.8 Å². The molecular weight excluding hydrogens is 248 g/mol. The fourth-order valence-electron chi connectivity index (χ4n) is 2.17. The summed E-state index contributed by atoms with van der Waals surface area (Å²) in [7, 11) is 0. The standard InChI is InChI=1S/C17H24N2O/c1-4-7-8-14-9-11-15(12-10-14)19-16(20)17(5-2,6-3)13-18/h9-12H,4-8H2,1-3H3,(H,19,20). The van der Waals surface area contributed by atoms with Crippen molar-refractivity contribution in [2.24, 2.45) is 5.41 Å². The summed E-state index contributed by atoms with van der Waals surface area (Å²) >= 11 is 0. The number of aryl methyl sites for hydroxylation is 1. The van der Waals surface area contributed by atoms with Crippen molar-refractivity contribution in [1.29, 1.82) is 5.26 Å². The van der Waals surface area contributed by atoms with E-state index in [9.17, 15) is 10.1 Å².